The number of nitrogens with one attached hydrogen (secondary N) is 1. The zero-order valence-corrected chi connectivity index (χ0v) is 15.3. The third kappa shape index (κ3) is 3.80. The van der Waals surface area contributed by atoms with Gasteiger partial charge >= 0.3 is 6.18 Å². The molecule has 0 aliphatic rings. The summed E-state index contributed by atoms with van der Waals surface area (Å²) in [6.45, 7) is 1.48. The predicted molar refractivity (Wildman–Crippen MR) is 91.3 cm³/mol. The summed E-state index contributed by atoms with van der Waals surface area (Å²) in [6.07, 6.45) is -3.20. The van der Waals surface area contributed by atoms with Gasteiger partial charge in [-0.15, -0.1) is 0 Å². The molecule has 0 atom stereocenters. The molecule has 2 aromatic heterocycles. The van der Waals surface area contributed by atoms with Crippen LogP contribution in [0.3, 0.4) is 0 Å². The lowest BCUT2D eigenvalue weighted by molar-refractivity contribution is -0.141. The van der Waals surface area contributed by atoms with E-state index in [9.17, 15) is 17.6 Å². The van der Waals surface area contributed by atoms with Crippen molar-refractivity contribution in [3.05, 3.63) is 57.2 Å². The van der Waals surface area contributed by atoms with Gasteiger partial charge in [-0.05, 0) is 47.1 Å². The van der Waals surface area contributed by atoms with Crippen LogP contribution in [0, 0.1) is 12.7 Å². The highest BCUT2D eigenvalue weighted by molar-refractivity contribution is 9.10. The molecule has 1 N–H and O–H groups in total. The van der Waals surface area contributed by atoms with Gasteiger partial charge < -0.3 is 5.32 Å². The predicted octanol–water partition coefficient (Wildman–Crippen LogP) is 5.29. The average Bonchev–Trinajstić information content (AvgIpc) is 2.95. The van der Waals surface area contributed by atoms with Crippen LogP contribution < -0.4 is 5.32 Å². The summed E-state index contributed by atoms with van der Waals surface area (Å²) >= 11 is 8.92. The third-order valence-corrected chi connectivity index (χ3v) is 4.13. The van der Waals surface area contributed by atoms with Gasteiger partial charge in [0.05, 0.1) is 9.50 Å². The molecule has 3 aromatic rings. The van der Waals surface area contributed by atoms with Gasteiger partial charge in [0.1, 0.15) is 5.82 Å². The van der Waals surface area contributed by atoms with E-state index in [2.05, 4.69) is 36.3 Å². The van der Waals surface area contributed by atoms with Crippen molar-refractivity contribution in [3.8, 4) is 5.82 Å². The maximum atomic E-state index is 13.2. The molecular weight excluding hydrogens is 442 g/mol. The Morgan fingerprint density at radius 2 is 1.96 bits per heavy atom. The van der Waals surface area contributed by atoms with E-state index in [0.717, 1.165) is 16.8 Å². The molecule has 0 saturated carbocycles. The number of halogens is 6. The average molecular weight is 451 g/mol. The van der Waals surface area contributed by atoms with E-state index < -0.39 is 17.7 Å². The molecule has 5 nitrogen and oxygen atoms in total. The highest BCUT2D eigenvalue weighted by atomic mass is 79.9. The topological polar surface area (TPSA) is 55.6 Å². The molecule has 0 fully saturated rings. The van der Waals surface area contributed by atoms with Gasteiger partial charge in [0.2, 0.25) is 5.95 Å². The number of hydrogen-bond donors (Lipinski definition) is 1. The SMILES string of the molecule is Cc1cc(C(F)(F)F)nn1-c1nc(Nc2ccc(F)c(Cl)c2)ncc1Br. The molecule has 11 heteroatoms. The first kappa shape index (κ1) is 18.6. The number of rotatable bonds is 3. The molecule has 3 rings (SSSR count). The largest absolute Gasteiger partial charge is 0.435 e. The van der Waals surface area contributed by atoms with Crippen molar-refractivity contribution in [2.24, 2.45) is 0 Å². The first-order chi connectivity index (χ1) is 12.1. The minimum absolute atomic E-state index is 0.0781. The number of alkyl halides is 3. The van der Waals surface area contributed by atoms with Crippen LogP contribution in [0.1, 0.15) is 11.4 Å². The summed E-state index contributed by atoms with van der Waals surface area (Å²) in [5.74, 6) is -0.389. The zero-order valence-electron chi connectivity index (χ0n) is 12.9. The van der Waals surface area contributed by atoms with Crippen molar-refractivity contribution in [2.75, 3.05) is 5.32 Å². The number of aromatic nitrogens is 4. The summed E-state index contributed by atoms with van der Waals surface area (Å²) in [6, 6.07) is 4.84. The molecule has 0 unspecified atom stereocenters. The molecular formula is C15H9BrClF4N5. The Hall–Kier alpha value is -2.20. The van der Waals surface area contributed by atoms with Crippen LogP contribution in [0.25, 0.3) is 5.82 Å². The van der Waals surface area contributed by atoms with Gasteiger partial charge in [-0.1, -0.05) is 11.6 Å². The third-order valence-electron chi connectivity index (χ3n) is 3.28. The quantitative estimate of drug-likeness (QED) is 0.551. The van der Waals surface area contributed by atoms with E-state index in [-0.39, 0.29) is 22.5 Å². The fourth-order valence-corrected chi connectivity index (χ4v) is 2.64. The maximum absolute atomic E-state index is 13.2. The van der Waals surface area contributed by atoms with Crippen LogP contribution in [0.15, 0.2) is 34.9 Å². The summed E-state index contributed by atoms with van der Waals surface area (Å²) in [5.41, 5.74) is -0.370. The second-order valence-corrected chi connectivity index (χ2v) is 6.46. The summed E-state index contributed by atoms with van der Waals surface area (Å²) < 4.78 is 53.2. The summed E-state index contributed by atoms with van der Waals surface area (Å²) in [4.78, 5) is 8.20. The molecule has 0 spiro atoms. The first-order valence-electron chi connectivity index (χ1n) is 7.04. The van der Waals surface area contributed by atoms with Crippen molar-refractivity contribution < 1.29 is 17.6 Å². The first-order valence-corrected chi connectivity index (χ1v) is 8.21. The fraction of sp³-hybridized carbons (Fsp3) is 0.133. The lowest BCUT2D eigenvalue weighted by atomic mass is 10.3. The van der Waals surface area contributed by atoms with Crippen molar-refractivity contribution in [2.45, 2.75) is 13.1 Å². The Balaban J connectivity index is 1.98. The molecule has 0 aliphatic carbocycles. The molecule has 2 heterocycles. The van der Waals surface area contributed by atoms with Crippen LogP contribution in [-0.4, -0.2) is 19.7 Å². The monoisotopic (exact) mass is 449 g/mol. The van der Waals surface area contributed by atoms with Crippen LogP contribution in [0.2, 0.25) is 5.02 Å². The van der Waals surface area contributed by atoms with Gasteiger partial charge in [-0.2, -0.15) is 23.3 Å². The normalized spacial score (nSPS) is 11.7. The Morgan fingerprint density at radius 1 is 1.23 bits per heavy atom. The van der Waals surface area contributed by atoms with E-state index in [1.54, 1.807) is 0 Å². The van der Waals surface area contributed by atoms with Crippen LogP contribution in [0.4, 0.5) is 29.2 Å². The molecule has 0 bridgehead atoms. The van der Waals surface area contributed by atoms with Gasteiger partial charge in [0.25, 0.3) is 0 Å². The zero-order chi connectivity index (χ0) is 19.1. The van der Waals surface area contributed by atoms with Gasteiger partial charge in [0, 0.05) is 17.6 Å². The second kappa shape index (κ2) is 6.84. The number of nitrogens with zero attached hydrogens (tertiary/aromatic N) is 4. The van der Waals surface area contributed by atoms with Crippen molar-refractivity contribution in [1.29, 1.82) is 0 Å². The van der Waals surface area contributed by atoms with Crippen molar-refractivity contribution in [3.63, 3.8) is 0 Å². The minimum atomic E-state index is -4.57. The molecule has 1 aromatic carbocycles. The molecule has 136 valence electrons. The Morgan fingerprint density at radius 3 is 2.58 bits per heavy atom. The summed E-state index contributed by atoms with van der Waals surface area (Å²) in [5, 5.41) is 6.27. The van der Waals surface area contributed by atoms with Crippen molar-refractivity contribution >= 4 is 39.2 Å². The number of anilines is 2. The van der Waals surface area contributed by atoms with E-state index >= 15 is 0 Å². The molecule has 0 radical (unpaired) electrons. The molecule has 0 amide bonds. The molecule has 26 heavy (non-hydrogen) atoms. The number of benzene rings is 1. The number of hydrogen-bond acceptors (Lipinski definition) is 4. The lowest BCUT2D eigenvalue weighted by Crippen LogP contribution is -2.10. The van der Waals surface area contributed by atoms with Gasteiger partial charge in [-0.3, -0.25) is 0 Å². The van der Waals surface area contributed by atoms with Crippen LogP contribution in [-0.2, 0) is 6.18 Å². The van der Waals surface area contributed by atoms with Gasteiger partial charge in [-0.25, -0.2) is 14.1 Å². The van der Waals surface area contributed by atoms with Gasteiger partial charge in [0.15, 0.2) is 11.5 Å². The van der Waals surface area contributed by atoms with Crippen molar-refractivity contribution in [1.82, 2.24) is 19.7 Å². The van der Waals surface area contributed by atoms with E-state index in [4.69, 9.17) is 11.6 Å². The fourth-order valence-electron chi connectivity index (χ4n) is 2.10. The van der Waals surface area contributed by atoms with E-state index in [1.807, 2.05) is 0 Å². The molecule has 0 aliphatic heterocycles. The van der Waals surface area contributed by atoms with E-state index in [1.165, 1.54) is 25.3 Å². The smallest absolute Gasteiger partial charge is 0.324 e. The Labute approximate surface area is 158 Å². The Bertz CT molecular complexity index is 973. The highest BCUT2D eigenvalue weighted by Crippen LogP contribution is 2.30. The highest BCUT2D eigenvalue weighted by Gasteiger charge is 2.34. The van der Waals surface area contributed by atoms with Crippen LogP contribution >= 0.6 is 27.5 Å². The minimum Gasteiger partial charge on any atom is -0.324 e. The second-order valence-electron chi connectivity index (χ2n) is 5.20. The molecule has 0 saturated heterocycles. The Kier molecular flexibility index (Phi) is 4.89. The van der Waals surface area contributed by atoms with Crippen LogP contribution in [0.5, 0.6) is 0 Å². The lowest BCUT2D eigenvalue weighted by Gasteiger charge is -2.10. The number of aryl methyl sites for hydroxylation is 1. The standard InChI is InChI=1S/C15H9BrClF4N5/c1-7-4-12(15(19,20)21)25-26(7)13-9(16)6-22-14(24-13)23-8-2-3-11(18)10(17)5-8/h2-6H,1H3,(H,22,23,24). The maximum Gasteiger partial charge on any atom is 0.435 e. The van der Waals surface area contributed by atoms with E-state index in [0.29, 0.717) is 10.2 Å². The summed E-state index contributed by atoms with van der Waals surface area (Å²) in [7, 11) is 0.